The van der Waals surface area contributed by atoms with Gasteiger partial charge in [-0.1, -0.05) is 31.6 Å². The second-order valence-electron chi connectivity index (χ2n) is 11.0. The second-order valence-corrected chi connectivity index (χ2v) is 11.0. The van der Waals surface area contributed by atoms with Crippen LogP contribution in [0.5, 0.6) is 23.0 Å². The number of benzene rings is 2. The maximum atomic E-state index is 10.7. The van der Waals surface area contributed by atoms with Crippen LogP contribution in [0.1, 0.15) is 75.8 Å². The largest absolute Gasteiger partial charge is 0.508 e. The van der Waals surface area contributed by atoms with E-state index in [2.05, 4.69) is 12.7 Å². The third-order valence-electron chi connectivity index (χ3n) is 7.15. The first kappa shape index (κ1) is 26.7. The molecule has 0 radical (unpaired) electrons. The zero-order valence-corrected chi connectivity index (χ0v) is 21.9. The first-order valence-electron chi connectivity index (χ1n) is 12.3. The smallest absolute Gasteiger partial charge is 0.161 e. The molecule has 0 amide bonds. The number of aromatic hydroxyl groups is 4. The molecule has 0 unspecified atom stereocenters. The van der Waals surface area contributed by atoms with Gasteiger partial charge in [0.15, 0.2) is 11.5 Å². The summed E-state index contributed by atoms with van der Waals surface area (Å²) in [6.45, 7) is 16.0. The summed E-state index contributed by atoms with van der Waals surface area (Å²) in [7, 11) is 0. The van der Waals surface area contributed by atoms with Gasteiger partial charge in [0.25, 0.3) is 0 Å². The van der Waals surface area contributed by atoms with Crippen LogP contribution in [0.25, 0.3) is 0 Å². The molecule has 0 aliphatic carbocycles. The summed E-state index contributed by atoms with van der Waals surface area (Å²) >= 11 is 0. The lowest BCUT2D eigenvalue weighted by Gasteiger charge is -2.23. The van der Waals surface area contributed by atoms with E-state index in [9.17, 15) is 20.4 Å². The molecule has 1 saturated heterocycles. The minimum absolute atomic E-state index is 0.00841. The average Bonchev–Trinajstić information content (AvgIpc) is 3.37. The van der Waals surface area contributed by atoms with Crippen LogP contribution in [0.4, 0.5) is 0 Å². The third-order valence-corrected chi connectivity index (χ3v) is 7.15. The molecule has 1 fully saturated rings. The Morgan fingerprint density at radius 2 is 1.60 bits per heavy atom. The van der Waals surface area contributed by atoms with E-state index in [4.69, 9.17) is 4.74 Å². The number of phenols is 4. The van der Waals surface area contributed by atoms with E-state index in [1.54, 1.807) is 12.1 Å². The van der Waals surface area contributed by atoms with Crippen LogP contribution in [0.15, 0.2) is 42.5 Å². The monoisotopic (exact) mass is 480 g/mol. The molecule has 2 aromatic carbocycles. The van der Waals surface area contributed by atoms with Gasteiger partial charge in [0.05, 0.1) is 11.7 Å². The van der Waals surface area contributed by atoms with Crippen LogP contribution in [0, 0.1) is 0 Å². The van der Waals surface area contributed by atoms with Gasteiger partial charge in [-0.15, -0.1) is 6.58 Å². The number of hydrogen-bond acceptors (Lipinski definition) is 5. The topological polar surface area (TPSA) is 93.5 Å². The Morgan fingerprint density at radius 3 is 2.17 bits per heavy atom. The van der Waals surface area contributed by atoms with E-state index in [-0.39, 0.29) is 34.7 Å². The van der Waals surface area contributed by atoms with E-state index < -0.39 is 5.41 Å². The Labute approximate surface area is 209 Å². The molecule has 190 valence electrons. The van der Waals surface area contributed by atoms with Crippen LogP contribution in [0.2, 0.25) is 0 Å². The Hall–Kier alpha value is -2.92. The first-order chi connectivity index (χ1) is 16.3. The summed E-state index contributed by atoms with van der Waals surface area (Å²) < 4.78 is 5.77. The van der Waals surface area contributed by atoms with Crippen LogP contribution >= 0.6 is 0 Å². The highest BCUT2D eigenvalue weighted by Gasteiger charge is 2.48. The number of hydrogen-bond donors (Lipinski definition) is 4. The quantitative estimate of drug-likeness (QED) is 0.180. The molecule has 5 nitrogen and oxygen atoms in total. The number of allylic oxidation sites excluding steroid dienone is 3. The molecule has 1 aliphatic rings. The Bertz CT molecular complexity index is 1140. The van der Waals surface area contributed by atoms with Gasteiger partial charge >= 0.3 is 0 Å². The number of ether oxygens (including phenoxy) is 1. The lowest BCUT2D eigenvalue weighted by molar-refractivity contribution is 0.322. The zero-order valence-electron chi connectivity index (χ0n) is 21.9. The Morgan fingerprint density at radius 1 is 0.971 bits per heavy atom. The van der Waals surface area contributed by atoms with Gasteiger partial charge in [0, 0.05) is 29.0 Å². The Balaban J connectivity index is 1.89. The molecule has 2 aromatic rings. The lowest BCUT2D eigenvalue weighted by Crippen LogP contribution is -2.13. The number of phenolic OH excluding ortho intramolecular Hbond substituents is 4. The van der Waals surface area contributed by atoms with Gasteiger partial charge in [-0.25, -0.2) is 0 Å². The minimum Gasteiger partial charge on any atom is -0.508 e. The summed E-state index contributed by atoms with van der Waals surface area (Å²) in [6.07, 6.45) is 7.13. The summed E-state index contributed by atoms with van der Waals surface area (Å²) in [4.78, 5) is 0. The van der Waals surface area contributed by atoms with Crippen molar-refractivity contribution in [3.63, 3.8) is 0 Å². The molecule has 35 heavy (non-hydrogen) atoms. The predicted molar refractivity (Wildman–Crippen MR) is 141 cm³/mol. The Kier molecular flexibility index (Phi) is 7.61. The molecular formula is C30H40O5. The zero-order chi connectivity index (χ0) is 26.1. The standard InChI is InChI=1S/C30H40O5/c1-8-29(4,5)23-14-20(24(31)17-25(23)32)11-9-10-19-15-26(33)28(34)22(16-27-30(6,7)35-27)21(19)13-12-18(2)3/h8,12,14-15,17,27,31-34H,1,9-11,13,16H2,2-7H3/t27-/m1/s1. The van der Waals surface area contributed by atoms with Crippen LogP contribution < -0.4 is 0 Å². The molecule has 0 spiro atoms. The molecule has 0 aromatic heterocycles. The van der Waals surface area contributed by atoms with Gasteiger partial charge in [0.1, 0.15) is 11.5 Å². The van der Waals surface area contributed by atoms with Crippen molar-refractivity contribution in [3.05, 3.63) is 70.3 Å². The van der Waals surface area contributed by atoms with Crippen molar-refractivity contribution in [2.24, 2.45) is 0 Å². The van der Waals surface area contributed by atoms with Crippen molar-refractivity contribution in [1.29, 1.82) is 0 Å². The molecule has 1 heterocycles. The summed E-state index contributed by atoms with van der Waals surface area (Å²) in [5.74, 6) is -0.0571. The summed E-state index contributed by atoms with van der Waals surface area (Å²) in [6, 6.07) is 4.91. The summed E-state index contributed by atoms with van der Waals surface area (Å²) in [5, 5.41) is 42.0. The van der Waals surface area contributed by atoms with Gasteiger partial charge in [-0.05, 0) is 82.2 Å². The molecule has 4 N–H and O–H groups in total. The van der Waals surface area contributed by atoms with E-state index in [0.717, 1.165) is 34.2 Å². The first-order valence-corrected chi connectivity index (χ1v) is 12.3. The molecule has 5 heteroatoms. The minimum atomic E-state index is -0.430. The molecule has 0 saturated carbocycles. The molecular weight excluding hydrogens is 440 g/mol. The van der Waals surface area contributed by atoms with Crippen LogP contribution in [0.3, 0.4) is 0 Å². The van der Waals surface area contributed by atoms with Crippen LogP contribution in [-0.2, 0) is 35.8 Å². The maximum absolute atomic E-state index is 10.7. The molecule has 3 rings (SSSR count). The van der Waals surface area contributed by atoms with Gasteiger partial charge < -0.3 is 25.2 Å². The highest BCUT2D eigenvalue weighted by molar-refractivity contribution is 5.55. The fraction of sp³-hybridized carbons (Fsp3) is 0.467. The van der Waals surface area contributed by atoms with E-state index >= 15 is 0 Å². The van der Waals surface area contributed by atoms with Crippen molar-refractivity contribution in [2.45, 2.75) is 90.8 Å². The van der Waals surface area contributed by atoms with Crippen LogP contribution in [-0.4, -0.2) is 32.1 Å². The maximum Gasteiger partial charge on any atom is 0.161 e. The van der Waals surface area contributed by atoms with Crippen molar-refractivity contribution < 1.29 is 25.2 Å². The molecule has 0 bridgehead atoms. The van der Waals surface area contributed by atoms with Crippen molar-refractivity contribution in [3.8, 4) is 23.0 Å². The molecule has 1 atom stereocenters. The van der Waals surface area contributed by atoms with Gasteiger partial charge in [0.2, 0.25) is 0 Å². The lowest BCUT2D eigenvalue weighted by atomic mass is 9.82. The highest BCUT2D eigenvalue weighted by Crippen LogP contribution is 2.43. The summed E-state index contributed by atoms with van der Waals surface area (Å²) in [5.41, 5.74) is 4.77. The third kappa shape index (κ3) is 6.02. The fourth-order valence-corrected chi connectivity index (χ4v) is 4.54. The van der Waals surface area contributed by atoms with E-state index in [0.29, 0.717) is 25.7 Å². The van der Waals surface area contributed by atoms with Crippen molar-refractivity contribution >= 4 is 0 Å². The highest BCUT2D eigenvalue weighted by atomic mass is 16.6. The second kappa shape index (κ2) is 9.98. The fourth-order valence-electron chi connectivity index (χ4n) is 4.54. The normalized spacial score (nSPS) is 16.7. The van der Waals surface area contributed by atoms with Crippen molar-refractivity contribution in [2.75, 3.05) is 0 Å². The SMILES string of the molecule is C=CC(C)(C)c1cc(CCCc2cc(O)c(O)c(C[C@H]3OC3(C)C)c2CC=C(C)C)c(O)cc1O. The predicted octanol–water partition coefficient (Wildman–Crippen LogP) is 6.38. The van der Waals surface area contributed by atoms with E-state index in [1.165, 1.54) is 11.6 Å². The number of rotatable bonds is 10. The average molecular weight is 481 g/mol. The van der Waals surface area contributed by atoms with Crippen molar-refractivity contribution in [1.82, 2.24) is 0 Å². The number of aryl methyl sites for hydroxylation is 2. The van der Waals surface area contributed by atoms with Gasteiger partial charge in [-0.3, -0.25) is 0 Å². The van der Waals surface area contributed by atoms with E-state index in [1.807, 2.05) is 47.6 Å². The number of epoxide rings is 1. The molecule has 1 aliphatic heterocycles. The van der Waals surface area contributed by atoms with Gasteiger partial charge in [-0.2, -0.15) is 0 Å².